The molecule has 0 bridgehead atoms. The van der Waals surface area contributed by atoms with E-state index in [1.54, 1.807) is 7.11 Å². The van der Waals surface area contributed by atoms with Crippen LogP contribution in [0.25, 0.3) is 0 Å². The lowest BCUT2D eigenvalue weighted by Gasteiger charge is -2.19. The number of nitrogens with one attached hydrogen (secondary N) is 1. The molecule has 1 aromatic carbocycles. The van der Waals surface area contributed by atoms with Crippen molar-refractivity contribution >= 4 is 18.3 Å². The molecule has 0 saturated heterocycles. The summed E-state index contributed by atoms with van der Waals surface area (Å²) in [6.45, 7) is 6.82. The molecule has 5 heteroatoms. The van der Waals surface area contributed by atoms with Crippen molar-refractivity contribution in [3.8, 4) is 5.75 Å². The van der Waals surface area contributed by atoms with Crippen LogP contribution in [-0.2, 0) is 11.2 Å². The molecule has 22 heavy (non-hydrogen) atoms. The van der Waals surface area contributed by atoms with E-state index in [0.717, 1.165) is 18.6 Å². The first-order chi connectivity index (χ1) is 9.97. The van der Waals surface area contributed by atoms with Crippen LogP contribution in [0, 0.1) is 11.8 Å². The van der Waals surface area contributed by atoms with Gasteiger partial charge in [-0.15, -0.1) is 12.4 Å². The van der Waals surface area contributed by atoms with E-state index in [0.29, 0.717) is 12.5 Å². The molecule has 0 saturated carbocycles. The van der Waals surface area contributed by atoms with E-state index in [1.807, 2.05) is 26.0 Å². The maximum atomic E-state index is 11.9. The Morgan fingerprint density at radius 3 is 2.36 bits per heavy atom. The van der Waals surface area contributed by atoms with Crippen molar-refractivity contribution < 1.29 is 9.53 Å². The molecule has 0 fully saturated rings. The van der Waals surface area contributed by atoms with Crippen LogP contribution in [0.3, 0.4) is 0 Å². The highest BCUT2D eigenvalue weighted by Crippen LogP contribution is 2.14. The highest BCUT2D eigenvalue weighted by atomic mass is 35.5. The minimum atomic E-state index is -0.414. The van der Waals surface area contributed by atoms with Gasteiger partial charge in [0.25, 0.3) is 0 Å². The number of rotatable bonds is 8. The number of amides is 1. The molecule has 3 unspecified atom stereocenters. The molecular weight excluding hydrogens is 300 g/mol. The van der Waals surface area contributed by atoms with Crippen molar-refractivity contribution in [1.82, 2.24) is 5.32 Å². The maximum Gasteiger partial charge on any atom is 0.237 e. The summed E-state index contributed by atoms with van der Waals surface area (Å²) < 4.78 is 5.14. The van der Waals surface area contributed by atoms with E-state index in [9.17, 15) is 4.79 Å². The Morgan fingerprint density at radius 1 is 1.27 bits per heavy atom. The first-order valence-corrected chi connectivity index (χ1v) is 7.64. The average molecular weight is 329 g/mol. The SMILES string of the molecule is CCC(C)C(N)C(=O)NCC(C)Cc1ccc(OC)cc1.Cl. The van der Waals surface area contributed by atoms with E-state index in [2.05, 4.69) is 24.4 Å². The Labute approximate surface area is 140 Å². The first kappa shape index (κ1) is 20.7. The fraction of sp³-hybridized carbons (Fsp3) is 0.588. The van der Waals surface area contributed by atoms with Crippen molar-refractivity contribution in [3.05, 3.63) is 29.8 Å². The molecule has 3 N–H and O–H groups in total. The van der Waals surface area contributed by atoms with E-state index in [-0.39, 0.29) is 24.2 Å². The van der Waals surface area contributed by atoms with Crippen molar-refractivity contribution in [2.24, 2.45) is 17.6 Å². The van der Waals surface area contributed by atoms with Crippen LogP contribution in [0.1, 0.15) is 32.8 Å². The van der Waals surface area contributed by atoms with Gasteiger partial charge in [0.2, 0.25) is 5.91 Å². The third-order valence-corrected chi connectivity index (χ3v) is 3.93. The summed E-state index contributed by atoms with van der Waals surface area (Å²) in [5.41, 5.74) is 7.16. The summed E-state index contributed by atoms with van der Waals surface area (Å²) >= 11 is 0. The number of carbonyl (C=O) groups excluding carboxylic acids is 1. The number of benzene rings is 1. The van der Waals surface area contributed by atoms with Gasteiger partial charge < -0.3 is 15.8 Å². The Hall–Kier alpha value is -1.26. The Morgan fingerprint density at radius 2 is 1.86 bits per heavy atom. The summed E-state index contributed by atoms with van der Waals surface area (Å²) in [6, 6.07) is 7.62. The average Bonchev–Trinajstić information content (AvgIpc) is 2.51. The smallest absolute Gasteiger partial charge is 0.237 e. The van der Waals surface area contributed by atoms with E-state index < -0.39 is 6.04 Å². The normalized spacial score (nSPS) is 14.4. The summed E-state index contributed by atoms with van der Waals surface area (Å²) in [5, 5.41) is 2.95. The second-order valence-corrected chi connectivity index (χ2v) is 5.81. The standard InChI is InChI=1S/C17H28N2O2.ClH/c1-5-13(3)16(18)17(20)19-11-12(2)10-14-6-8-15(21-4)9-7-14;/h6-9,12-13,16H,5,10-11,18H2,1-4H3,(H,19,20);1H. The molecule has 1 aromatic rings. The number of carbonyl (C=O) groups is 1. The quantitative estimate of drug-likeness (QED) is 0.771. The predicted octanol–water partition coefficient (Wildman–Crippen LogP) is 2.79. The second-order valence-electron chi connectivity index (χ2n) is 5.81. The zero-order valence-electron chi connectivity index (χ0n) is 14.0. The van der Waals surface area contributed by atoms with Gasteiger partial charge >= 0.3 is 0 Å². The zero-order valence-corrected chi connectivity index (χ0v) is 14.8. The number of hydrogen-bond donors (Lipinski definition) is 2. The van der Waals surface area contributed by atoms with Crippen LogP contribution in [0.2, 0.25) is 0 Å². The van der Waals surface area contributed by atoms with Gasteiger partial charge in [-0.1, -0.05) is 39.3 Å². The lowest BCUT2D eigenvalue weighted by Crippen LogP contribution is -2.45. The Kier molecular flexibility index (Phi) is 9.86. The lowest BCUT2D eigenvalue weighted by atomic mass is 9.98. The number of ether oxygens (including phenoxy) is 1. The van der Waals surface area contributed by atoms with Gasteiger partial charge in [-0.25, -0.2) is 0 Å². The third kappa shape index (κ3) is 6.67. The van der Waals surface area contributed by atoms with Gasteiger partial charge in [-0.05, 0) is 36.0 Å². The lowest BCUT2D eigenvalue weighted by molar-refractivity contribution is -0.123. The Bertz CT molecular complexity index is 437. The summed E-state index contributed by atoms with van der Waals surface area (Å²) in [6.07, 6.45) is 1.83. The van der Waals surface area contributed by atoms with Crippen LogP contribution < -0.4 is 15.8 Å². The first-order valence-electron chi connectivity index (χ1n) is 7.64. The molecule has 1 amide bonds. The van der Waals surface area contributed by atoms with Crippen molar-refractivity contribution in [2.45, 2.75) is 39.7 Å². The van der Waals surface area contributed by atoms with Gasteiger partial charge in [0.15, 0.2) is 0 Å². The van der Waals surface area contributed by atoms with E-state index >= 15 is 0 Å². The molecule has 0 spiro atoms. The fourth-order valence-electron chi connectivity index (χ4n) is 2.14. The molecule has 0 aromatic heterocycles. The molecule has 0 aliphatic rings. The van der Waals surface area contributed by atoms with Crippen LogP contribution in [0.5, 0.6) is 5.75 Å². The number of halogens is 1. The summed E-state index contributed by atoms with van der Waals surface area (Å²) in [4.78, 5) is 11.9. The molecule has 126 valence electrons. The third-order valence-electron chi connectivity index (χ3n) is 3.93. The van der Waals surface area contributed by atoms with Crippen LogP contribution in [0.15, 0.2) is 24.3 Å². The van der Waals surface area contributed by atoms with E-state index in [1.165, 1.54) is 5.56 Å². The molecule has 3 atom stereocenters. The predicted molar refractivity (Wildman–Crippen MR) is 93.6 cm³/mol. The molecule has 0 radical (unpaired) electrons. The van der Waals surface area contributed by atoms with Crippen LogP contribution in [-0.4, -0.2) is 25.6 Å². The Balaban J connectivity index is 0.00000441. The van der Waals surface area contributed by atoms with Gasteiger partial charge in [0.1, 0.15) is 5.75 Å². The molecule has 1 rings (SSSR count). The molecular formula is C17H29ClN2O2. The topological polar surface area (TPSA) is 64.4 Å². The molecule has 0 aliphatic heterocycles. The van der Waals surface area contributed by atoms with Crippen molar-refractivity contribution in [3.63, 3.8) is 0 Å². The number of nitrogens with two attached hydrogens (primary N) is 1. The zero-order chi connectivity index (χ0) is 15.8. The van der Waals surface area contributed by atoms with Gasteiger partial charge in [0.05, 0.1) is 13.2 Å². The van der Waals surface area contributed by atoms with Crippen molar-refractivity contribution in [2.75, 3.05) is 13.7 Å². The van der Waals surface area contributed by atoms with E-state index in [4.69, 9.17) is 10.5 Å². The fourth-order valence-corrected chi connectivity index (χ4v) is 2.14. The monoisotopic (exact) mass is 328 g/mol. The number of methoxy groups -OCH3 is 1. The summed E-state index contributed by atoms with van der Waals surface area (Å²) in [7, 11) is 1.66. The van der Waals surface area contributed by atoms with Crippen molar-refractivity contribution in [1.29, 1.82) is 0 Å². The second kappa shape index (κ2) is 10.5. The largest absolute Gasteiger partial charge is 0.497 e. The molecule has 4 nitrogen and oxygen atoms in total. The molecule has 0 heterocycles. The highest BCUT2D eigenvalue weighted by molar-refractivity contribution is 5.85. The van der Waals surface area contributed by atoms with Crippen LogP contribution >= 0.6 is 12.4 Å². The summed E-state index contributed by atoms with van der Waals surface area (Å²) in [5.74, 6) is 1.39. The number of hydrogen-bond acceptors (Lipinski definition) is 3. The van der Waals surface area contributed by atoms with Gasteiger partial charge in [-0.2, -0.15) is 0 Å². The van der Waals surface area contributed by atoms with Crippen LogP contribution in [0.4, 0.5) is 0 Å². The highest BCUT2D eigenvalue weighted by Gasteiger charge is 2.19. The maximum absolute atomic E-state index is 11.9. The molecule has 0 aliphatic carbocycles. The van der Waals surface area contributed by atoms with Gasteiger partial charge in [0, 0.05) is 6.54 Å². The minimum absolute atomic E-state index is 0. The minimum Gasteiger partial charge on any atom is -0.497 e. The van der Waals surface area contributed by atoms with Gasteiger partial charge in [-0.3, -0.25) is 4.79 Å².